The van der Waals surface area contributed by atoms with Crippen LogP contribution in [-0.2, 0) is 11.2 Å². The summed E-state index contributed by atoms with van der Waals surface area (Å²) in [5, 5.41) is 0. The molecule has 90 valence electrons. The average Bonchev–Trinajstić information content (AvgIpc) is 2.35. The second-order valence-electron chi connectivity index (χ2n) is 3.70. The van der Waals surface area contributed by atoms with Gasteiger partial charge in [-0.3, -0.25) is 10.8 Å². The van der Waals surface area contributed by atoms with E-state index in [1.54, 1.807) is 6.20 Å². The van der Waals surface area contributed by atoms with Crippen molar-refractivity contribution in [2.45, 2.75) is 32.7 Å². The maximum absolute atomic E-state index is 5.54. The molecular formula is C12H21N3O. The van der Waals surface area contributed by atoms with Crippen LogP contribution >= 0.6 is 0 Å². The Kier molecular flexibility index (Phi) is 6.00. The van der Waals surface area contributed by atoms with E-state index in [9.17, 15) is 0 Å². The molecule has 4 heteroatoms. The third-order valence-corrected chi connectivity index (χ3v) is 2.47. The molecule has 0 spiro atoms. The molecule has 0 fully saturated rings. The summed E-state index contributed by atoms with van der Waals surface area (Å²) in [6.07, 6.45) is 3.76. The summed E-state index contributed by atoms with van der Waals surface area (Å²) in [6, 6.07) is 4.00. The third kappa shape index (κ3) is 3.56. The Hall–Kier alpha value is -0.970. The highest BCUT2D eigenvalue weighted by atomic mass is 16.5. The number of aromatic nitrogens is 1. The maximum Gasteiger partial charge on any atom is 0.0868 e. The number of aryl methyl sites for hydroxylation is 1. The Bertz CT molecular complexity index is 304. The Balaban J connectivity index is 2.69. The molecular weight excluding hydrogens is 202 g/mol. The first-order chi connectivity index (χ1) is 7.83. The topological polar surface area (TPSA) is 60.2 Å². The van der Waals surface area contributed by atoms with E-state index in [1.165, 1.54) is 5.56 Å². The molecule has 1 unspecified atom stereocenters. The van der Waals surface area contributed by atoms with Crippen LogP contribution < -0.4 is 11.3 Å². The normalized spacial score (nSPS) is 12.7. The molecule has 0 amide bonds. The average molecular weight is 223 g/mol. The summed E-state index contributed by atoms with van der Waals surface area (Å²) in [5.41, 5.74) is 4.97. The molecule has 1 atom stereocenters. The number of nitrogens with two attached hydrogens (primary N) is 1. The third-order valence-electron chi connectivity index (χ3n) is 2.47. The van der Waals surface area contributed by atoms with Gasteiger partial charge in [0.05, 0.1) is 18.3 Å². The van der Waals surface area contributed by atoms with Crippen molar-refractivity contribution in [2.24, 2.45) is 5.84 Å². The molecule has 0 saturated heterocycles. The van der Waals surface area contributed by atoms with Gasteiger partial charge in [-0.2, -0.15) is 0 Å². The number of rotatable bonds is 7. The van der Waals surface area contributed by atoms with E-state index in [0.29, 0.717) is 6.61 Å². The highest BCUT2D eigenvalue weighted by Crippen LogP contribution is 2.15. The van der Waals surface area contributed by atoms with E-state index in [0.717, 1.165) is 25.1 Å². The van der Waals surface area contributed by atoms with E-state index < -0.39 is 0 Å². The van der Waals surface area contributed by atoms with E-state index >= 15 is 0 Å². The van der Waals surface area contributed by atoms with E-state index in [1.807, 2.05) is 6.07 Å². The second-order valence-corrected chi connectivity index (χ2v) is 3.70. The largest absolute Gasteiger partial charge is 0.379 e. The highest BCUT2D eigenvalue weighted by molar-refractivity contribution is 5.22. The van der Waals surface area contributed by atoms with E-state index in [-0.39, 0.29) is 6.04 Å². The van der Waals surface area contributed by atoms with Gasteiger partial charge in [0.25, 0.3) is 0 Å². The van der Waals surface area contributed by atoms with Crippen LogP contribution in [0.4, 0.5) is 0 Å². The van der Waals surface area contributed by atoms with Crippen LogP contribution in [0, 0.1) is 0 Å². The van der Waals surface area contributed by atoms with Crippen molar-refractivity contribution in [1.82, 2.24) is 10.4 Å². The summed E-state index contributed by atoms with van der Waals surface area (Å²) >= 11 is 0. The molecule has 0 radical (unpaired) electrons. The van der Waals surface area contributed by atoms with Crippen molar-refractivity contribution >= 4 is 0 Å². The molecule has 1 aromatic heterocycles. The zero-order valence-corrected chi connectivity index (χ0v) is 10.1. The molecule has 0 bridgehead atoms. The van der Waals surface area contributed by atoms with Crippen molar-refractivity contribution in [2.75, 3.05) is 13.2 Å². The fourth-order valence-corrected chi connectivity index (χ4v) is 1.62. The number of hydrogen-bond donors (Lipinski definition) is 2. The first-order valence-electron chi connectivity index (χ1n) is 5.81. The van der Waals surface area contributed by atoms with Crippen LogP contribution in [0.2, 0.25) is 0 Å². The molecule has 1 heterocycles. The monoisotopic (exact) mass is 223 g/mol. The Morgan fingerprint density at radius 3 is 2.94 bits per heavy atom. The molecule has 1 aromatic rings. The van der Waals surface area contributed by atoms with Gasteiger partial charge in [0.15, 0.2) is 0 Å². The summed E-state index contributed by atoms with van der Waals surface area (Å²) in [4.78, 5) is 4.38. The van der Waals surface area contributed by atoms with E-state index in [2.05, 4.69) is 30.3 Å². The SMILES string of the molecule is CCCOCC(NN)c1ncccc1CC. The lowest BCUT2D eigenvalue weighted by molar-refractivity contribution is 0.110. The summed E-state index contributed by atoms with van der Waals surface area (Å²) in [5.74, 6) is 5.54. The number of nitrogens with zero attached hydrogens (tertiary/aromatic N) is 1. The number of ether oxygens (including phenoxy) is 1. The van der Waals surface area contributed by atoms with Crippen LogP contribution in [0.5, 0.6) is 0 Å². The molecule has 0 aliphatic carbocycles. The predicted molar refractivity (Wildman–Crippen MR) is 64.8 cm³/mol. The fraction of sp³-hybridized carbons (Fsp3) is 0.583. The highest BCUT2D eigenvalue weighted by Gasteiger charge is 2.14. The molecule has 0 saturated carbocycles. The smallest absolute Gasteiger partial charge is 0.0868 e. The van der Waals surface area contributed by atoms with Gasteiger partial charge in [-0.25, -0.2) is 5.43 Å². The summed E-state index contributed by atoms with van der Waals surface area (Å²) in [6.45, 7) is 5.52. The van der Waals surface area contributed by atoms with Crippen molar-refractivity contribution in [1.29, 1.82) is 0 Å². The minimum absolute atomic E-state index is 0.0253. The fourth-order valence-electron chi connectivity index (χ4n) is 1.62. The van der Waals surface area contributed by atoms with Crippen LogP contribution in [0.1, 0.15) is 37.6 Å². The number of pyridine rings is 1. The predicted octanol–water partition coefficient (Wildman–Crippen LogP) is 1.57. The maximum atomic E-state index is 5.54. The Labute approximate surface area is 97.2 Å². The molecule has 0 aromatic carbocycles. The zero-order valence-electron chi connectivity index (χ0n) is 10.1. The van der Waals surface area contributed by atoms with Gasteiger partial charge in [0.1, 0.15) is 0 Å². The minimum Gasteiger partial charge on any atom is -0.379 e. The van der Waals surface area contributed by atoms with Gasteiger partial charge < -0.3 is 4.74 Å². The Morgan fingerprint density at radius 2 is 2.31 bits per heavy atom. The van der Waals surface area contributed by atoms with Crippen molar-refractivity contribution < 1.29 is 4.74 Å². The number of nitrogens with one attached hydrogen (secondary N) is 1. The van der Waals surface area contributed by atoms with Crippen molar-refractivity contribution in [3.63, 3.8) is 0 Å². The standard InChI is InChI=1S/C12H21N3O/c1-3-8-16-9-11(15-13)12-10(4-2)6-5-7-14-12/h5-7,11,15H,3-4,8-9,13H2,1-2H3. The molecule has 16 heavy (non-hydrogen) atoms. The lowest BCUT2D eigenvalue weighted by Crippen LogP contribution is -2.32. The first kappa shape index (κ1) is 13.1. The van der Waals surface area contributed by atoms with Gasteiger partial charge in [0.2, 0.25) is 0 Å². The van der Waals surface area contributed by atoms with Crippen LogP contribution in [0.15, 0.2) is 18.3 Å². The molecule has 0 aliphatic rings. The van der Waals surface area contributed by atoms with Crippen molar-refractivity contribution in [3.8, 4) is 0 Å². The summed E-state index contributed by atoms with van der Waals surface area (Å²) in [7, 11) is 0. The van der Waals surface area contributed by atoms with Gasteiger partial charge in [0, 0.05) is 12.8 Å². The quantitative estimate of drug-likeness (QED) is 0.418. The number of hydrogen-bond acceptors (Lipinski definition) is 4. The minimum atomic E-state index is -0.0253. The van der Waals surface area contributed by atoms with Gasteiger partial charge in [-0.1, -0.05) is 19.9 Å². The van der Waals surface area contributed by atoms with Crippen LogP contribution in [0.3, 0.4) is 0 Å². The van der Waals surface area contributed by atoms with Gasteiger partial charge in [-0.05, 0) is 24.5 Å². The van der Waals surface area contributed by atoms with E-state index in [4.69, 9.17) is 10.6 Å². The zero-order chi connectivity index (χ0) is 11.8. The van der Waals surface area contributed by atoms with Gasteiger partial charge in [-0.15, -0.1) is 0 Å². The lowest BCUT2D eigenvalue weighted by Gasteiger charge is -2.18. The van der Waals surface area contributed by atoms with Gasteiger partial charge >= 0.3 is 0 Å². The molecule has 0 aliphatic heterocycles. The van der Waals surface area contributed by atoms with Crippen LogP contribution in [0.25, 0.3) is 0 Å². The Morgan fingerprint density at radius 1 is 1.50 bits per heavy atom. The molecule has 1 rings (SSSR count). The molecule has 3 N–H and O–H groups in total. The molecule has 4 nitrogen and oxygen atoms in total. The number of hydrazine groups is 1. The van der Waals surface area contributed by atoms with Crippen LogP contribution in [-0.4, -0.2) is 18.2 Å². The first-order valence-corrected chi connectivity index (χ1v) is 5.81. The summed E-state index contributed by atoms with van der Waals surface area (Å²) < 4.78 is 5.51. The second kappa shape index (κ2) is 7.33. The lowest BCUT2D eigenvalue weighted by atomic mass is 10.1. The van der Waals surface area contributed by atoms with Crippen molar-refractivity contribution in [3.05, 3.63) is 29.6 Å².